The molecule has 21 heavy (non-hydrogen) atoms. The molecular weight excluding hydrogens is 303 g/mol. The molecule has 0 saturated carbocycles. The summed E-state index contributed by atoms with van der Waals surface area (Å²) in [4.78, 5) is 21.2. The summed E-state index contributed by atoms with van der Waals surface area (Å²) in [5.74, 6) is -1.65. The Kier molecular flexibility index (Phi) is 3.70. The lowest BCUT2D eigenvalue weighted by atomic mass is 10.1. The third kappa shape index (κ3) is 2.37. The minimum absolute atomic E-state index is 0.0330. The van der Waals surface area contributed by atoms with Crippen LogP contribution in [0.15, 0.2) is 11.0 Å². The number of hydrogen-bond acceptors (Lipinski definition) is 5. The number of benzene rings is 1. The van der Waals surface area contributed by atoms with Crippen LogP contribution in [0.1, 0.15) is 24.0 Å². The lowest BCUT2D eigenvalue weighted by molar-refractivity contribution is -0.388. The maximum atomic E-state index is 13.7. The summed E-state index contributed by atoms with van der Waals surface area (Å²) >= 11 is 0. The van der Waals surface area contributed by atoms with Gasteiger partial charge in [0.25, 0.3) is 10.0 Å². The molecule has 1 aromatic carbocycles. The first kappa shape index (κ1) is 15.4. The normalized spacial score (nSPS) is 15.6. The van der Waals surface area contributed by atoms with Crippen molar-refractivity contribution in [3.8, 4) is 0 Å². The number of carbonyl (C=O) groups excluding carboxylic acids is 1. The predicted molar refractivity (Wildman–Crippen MR) is 70.7 cm³/mol. The van der Waals surface area contributed by atoms with Crippen LogP contribution >= 0.6 is 0 Å². The second-order valence-electron chi connectivity index (χ2n) is 4.81. The molecule has 0 spiro atoms. The van der Waals surface area contributed by atoms with Gasteiger partial charge in [0.05, 0.1) is 10.5 Å². The van der Waals surface area contributed by atoms with Crippen molar-refractivity contribution in [2.45, 2.75) is 31.6 Å². The third-order valence-corrected chi connectivity index (χ3v) is 5.49. The number of halogens is 1. The number of carbonyl (C=O) groups is 1. The molecule has 7 nitrogen and oxygen atoms in total. The summed E-state index contributed by atoms with van der Waals surface area (Å²) in [6, 6.07) is 0.804. The van der Waals surface area contributed by atoms with Gasteiger partial charge < -0.3 is 0 Å². The number of amides is 1. The van der Waals surface area contributed by atoms with E-state index in [0.717, 1.165) is 6.07 Å². The number of nitrogens with zero attached hydrogens (tertiary/aromatic N) is 2. The first-order chi connectivity index (χ1) is 9.67. The fourth-order valence-electron chi connectivity index (χ4n) is 2.52. The van der Waals surface area contributed by atoms with Gasteiger partial charge in [-0.05, 0) is 31.9 Å². The molecule has 9 heteroatoms. The average molecular weight is 316 g/mol. The van der Waals surface area contributed by atoms with E-state index in [1.807, 2.05) is 0 Å². The molecule has 0 unspecified atom stereocenters. The summed E-state index contributed by atoms with van der Waals surface area (Å²) in [5.41, 5.74) is -1.14. The highest BCUT2D eigenvalue weighted by molar-refractivity contribution is 7.89. The average Bonchev–Trinajstić information content (AvgIpc) is 2.74. The van der Waals surface area contributed by atoms with Crippen molar-refractivity contribution in [3.05, 3.63) is 33.1 Å². The fraction of sp³-hybridized carbons (Fsp3) is 0.417. The zero-order valence-corrected chi connectivity index (χ0v) is 12.2. The quantitative estimate of drug-likeness (QED) is 0.624. The molecule has 0 bridgehead atoms. The molecule has 1 fully saturated rings. The van der Waals surface area contributed by atoms with Crippen molar-refractivity contribution in [2.24, 2.45) is 0 Å². The maximum Gasteiger partial charge on any atom is 0.309 e. The van der Waals surface area contributed by atoms with Crippen LogP contribution in [-0.2, 0) is 14.8 Å². The van der Waals surface area contributed by atoms with Gasteiger partial charge in [-0.25, -0.2) is 12.7 Å². The van der Waals surface area contributed by atoms with Gasteiger partial charge in [-0.2, -0.15) is 4.39 Å². The second-order valence-corrected chi connectivity index (χ2v) is 6.61. The van der Waals surface area contributed by atoms with Crippen LogP contribution < -0.4 is 0 Å². The summed E-state index contributed by atoms with van der Waals surface area (Å²) in [7, 11) is -4.21. The highest BCUT2D eigenvalue weighted by Crippen LogP contribution is 2.34. The van der Waals surface area contributed by atoms with Crippen LogP contribution in [0.25, 0.3) is 0 Å². The number of nitro benzene ring substituents is 1. The van der Waals surface area contributed by atoms with Crippen LogP contribution in [0.4, 0.5) is 10.1 Å². The van der Waals surface area contributed by atoms with Crippen LogP contribution in [0.5, 0.6) is 0 Å². The Labute approximate surface area is 120 Å². The van der Waals surface area contributed by atoms with E-state index in [1.165, 1.54) is 13.8 Å². The summed E-state index contributed by atoms with van der Waals surface area (Å²) < 4.78 is 39.4. The van der Waals surface area contributed by atoms with Crippen LogP contribution in [-0.4, -0.2) is 30.1 Å². The molecule has 0 aromatic heterocycles. The zero-order chi connectivity index (χ0) is 15.9. The van der Waals surface area contributed by atoms with Crippen molar-refractivity contribution >= 4 is 21.6 Å². The number of sulfonamides is 1. The van der Waals surface area contributed by atoms with Gasteiger partial charge in [0, 0.05) is 13.0 Å². The van der Waals surface area contributed by atoms with E-state index in [0.29, 0.717) is 10.7 Å². The molecule has 0 N–H and O–H groups in total. The molecule has 2 rings (SSSR count). The monoisotopic (exact) mass is 316 g/mol. The molecule has 0 atom stereocenters. The van der Waals surface area contributed by atoms with Crippen LogP contribution in [0.2, 0.25) is 0 Å². The highest BCUT2D eigenvalue weighted by Gasteiger charge is 2.37. The van der Waals surface area contributed by atoms with E-state index in [2.05, 4.69) is 0 Å². The molecule has 114 valence electrons. The molecular formula is C12H13FN2O5S. The Balaban J connectivity index is 2.72. The molecule has 1 aliphatic rings. The standard InChI is InChI=1S/C12H13FN2O5S/c1-7-6-9(13)11(15(17)18)8(2)12(7)21(19,20)14-5-3-4-10(14)16/h6H,3-5H2,1-2H3. The predicted octanol–water partition coefficient (Wildman–Crippen LogP) is 1.66. The lowest BCUT2D eigenvalue weighted by Crippen LogP contribution is -2.33. The Morgan fingerprint density at radius 3 is 2.48 bits per heavy atom. The maximum absolute atomic E-state index is 13.7. The van der Waals surface area contributed by atoms with Gasteiger partial charge in [-0.1, -0.05) is 0 Å². The summed E-state index contributed by atoms with van der Waals surface area (Å²) in [5, 5.41) is 10.9. The highest BCUT2D eigenvalue weighted by atomic mass is 32.2. The minimum Gasteiger partial charge on any atom is -0.274 e. The van der Waals surface area contributed by atoms with Crippen LogP contribution in [0, 0.1) is 29.8 Å². The van der Waals surface area contributed by atoms with Crippen molar-refractivity contribution in [3.63, 3.8) is 0 Å². The molecule has 1 saturated heterocycles. The van der Waals surface area contributed by atoms with Crippen molar-refractivity contribution in [1.29, 1.82) is 0 Å². The number of nitro groups is 1. The van der Waals surface area contributed by atoms with Crippen LogP contribution in [0.3, 0.4) is 0 Å². The molecule has 1 aliphatic heterocycles. The smallest absolute Gasteiger partial charge is 0.274 e. The number of hydrogen-bond donors (Lipinski definition) is 0. The van der Waals surface area contributed by atoms with Gasteiger partial charge in [0.2, 0.25) is 11.7 Å². The Bertz CT molecular complexity index is 745. The van der Waals surface area contributed by atoms with Gasteiger partial charge in [-0.3, -0.25) is 14.9 Å². The van der Waals surface area contributed by atoms with Gasteiger partial charge >= 0.3 is 5.69 Å². The van der Waals surface area contributed by atoms with Crippen molar-refractivity contribution in [1.82, 2.24) is 4.31 Å². The van der Waals surface area contributed by atoms with Gasteiger partial charge in [0.15, 0.2) is 0 Å². The molecule has 1 amide bonds. The minimum atomic E-state index is -4.21. The topological polar surface area (TPSA) is 97.6 Å². The van der Waals surface area contributed by atoms with E-state index < -0.39 is 32.4 Å². The van der Waals surface area contributed by atoms with E-state index in [1.54, 1.807) is 0 Å². The first-order valence-electron chi connectivity index (χ1n) is 6.17. The number of rotatable bonds is 3. The fourth-order valence-corrected chi connectivity index (χ4v) is 4.41. The molecule has 0 aliphatic carbocycles. The molecule has 1 heterocycles. The van der Waals surface area contributed by atoms with Crippen molar-refractivity contribution < 1.29 is 22.5 Å². The lowest BCUT2D eigenvalue weighted by Gasteiger charge is -2.19. The van der Waals surface area contributed by atoms with E-state index in [-0.39, 0.29) is 29.0 Å². The van der Waals surface area contributed by atoms with E-state index in [4.69, 9.17) is 0 Å². The zero-order valence-electron chi connectivity index (χ0n) is 11.4. The van der Waals surface area contributed by atoms with Gasteiger partial charge in [0.1, 0.15) is 4.90 Å². The SMILES string of the molecule is Cc1cc(F)c([N+](=O)[O-])c(C)c1S(=O)(=O)N1CCCC1=O. The van der Waals surface area contributed by atoms with Gasteiger partial charge in [-0.15, -0.1) is 0 Å². The Morgan fingerprint density at radius 2 is 2.00 bits per heavy atom. The third-order valence-electron chi connectivity index (χ3n) is 3.38. The second kappa shape index (κ2) is 5.06. The first-order valence-corrected chi connectivity index (χ1v) is 7.61. The number of aryl methyl sites for hydroxylation is 1. The van der Waals surface area contributed by atoms with E-state index >= 15 is 0 Å². The molecule has 1 aromatic rings. The molecule has 0 radical (unpaired) electrons. The van der Waals surface area contributed by atoms with Crippen molar-refractivity contribution in [2.75, 3.05) is 6.54 Å². The van der Waals surface area contributed by atoms with E-state index in [9.17, 15) is 27.7 Å². The Hall–Kier alpha value is -2.03. The summed E-state index contributed by atoms with van der Waals surface area (Å²) in [6.07, 6.45) is 0.514. The summed E-state index contributed by atoms with van der Waals surface area (Å²) in [6.45, 7) is 2.54. The Morgan fingerprint density at radius 1 is 1.38 bits per heavy atom. The largest absolute Gasteiger partial charge is 0.309 e.